The number of aromatic amines is 1. The van der Waals surface area contributed by atoms with E-state index >= 15 is 0 Å². The van der Waals surface area contributed by atoms with Gasteiger partial charge in [0.2, 0.25) is 0 Å². The third-order valence-corrected chi connectivity index (χ3v) is 7.73. The van der Waals surface area contributed by atoms with E-state index in [-0.39, 0.29) is 39.7 Å². The highest BCUT2D eigenvalue weighted by Crippen LogP contribution is 2.63. The number of primary amides is 1. The van der Waals surface area contributed by atoms with Crippen molar-refractivity contribution in [1.82, 2.24) is 15.1 Å². The van der Waals surface area contributed by atoms with Crippen molar-refractivity contribution in [2.45, 2.75) is 36.5 Å². The minimum Gasteiger partial charge on any atom is -0.508 e. The van der Waals surface area contributed by atoms with E-state index in [4.69, 9.17) is 17.3 Å². The fourth-order valence-electron chi connectivity index (χ4n) is 6.01. The molecule has 7 N–H and O–H groups in total. The maximum atomic E-state index is 13.2. The molecule has 0 spiro atoms. The molecule has 0 bridgehead atoms. The van der Waals surface area contributed by atoms with Crippen LogP contribution in [-0.4, -0.2) is 67.4 Å². The fraction of sp³-hybridized carbons (Fsp3) is 0.409. The first-order valence-electron chi connectivity index (χ1n) is 10.3. The smallest absolute Gasteiger partial charge is 0.255 e. The molecule has 0 saturated heterocycles. The quantitative estimate of drug-likeness (QED) is 0.346. The highest BCUT2D eigenvalue weighted by Gasteiger charge is 2.64. The monoisotopic (exact) mass is 474 g/mol. The number of Topliss-reactive ketones (excluding diaryl/α,β-unsaturated/α-hetero) is 1. The summed E-state index contributed by atoms with van der Waals surface area (Å²) in [4.78, 5) is 26.8. The summed E-state index contributed by atoms with van der Waals surface area (Å²) in [5.74, 6) is -4.55. The Balaban J connectivity index is 1.88. The first-order chi connectivity index (χ1) is 15.3. The number of fused-ring (bicyclic) bond motifs is 4. The Morgan fingerprint density at radius 2 is 1.97 bits per heavy atom. The molecule has 0 fully saturated rings. The molecule has 3 aliphatic carbocycles. The van der Waals surface area contributed by atoms with Gasteiger partial charge in [-0.05, 0) is 39.6 Å². The minimum atomic E-state index is -2.20. The van der Waals surface area contributed by atoms with Crippen LogP contribution in [0.1, 0.15) is 36.1 Å². The maximum absolute atomic E-state index is 13.2. The van der Waals surface area contributed by atoms with E-state index < -0.39 is 52.1 Å². The van der Waals surface area contributed by atoms with Crippen LogP contribution in [0.2, 0.25) is 5.02 Å². The van der Waals surface area contributed by atoms with Crippen LogP contribution in [0.3, 0.4) is 0 Å². The molecule has 10 nitrogen and oxygen atoms in total. The number of ketones is 1. The topological polar surface area (TPSA) is 173 Å². The van der Waals surface area contributed by atoms with Gasteiger partial charge < -0.3 is 26.2 Å². The van der Waals surface area contributed by atoms with Crippen LogP contribution in [0.15, 0.2) is 23.5 Å². The van der Waals surface area contributed by atoms with E-state index in [2.05, 4.69) is 10.2 Å². The second-order valence-corrected chi connectivity index (χ2v) is 9.75. The Bertz CT molecular complexity index is 1280. The van der Waals surface area contributed by atoms with Gasteiger partial charge in [-0.3, -0.25) is 19.6 Å². The molecular formula is C22H23ClN4O6. The molecule has 3 aliphatic rings. The average molecular weight is 475 g/mol. The number of nitrogens with two attached hydrogens (primary N) is 1. The maximum Gasteiger partial charge on any atom is 0.255 e. The van der Waals surface area contributed by atoms with Crippen molar-refractivity contribution in [2.24, 2.45) is 11.7 Å². The molecule has 0 radical (unpaired) electrons. The number of H-pyrrole nitrogens is 1. The van der Waals surface area contributed by atoms with Crippen molar-refractivity contribution in [3.63, 3.8) is 0 Å². The average Bonchev–Trinajstić information content (AvgIpc) is 3.15. The Kier molecular flexibility index (Phi) is 4.36. The summed E-state index contributed by atoms with van der Waals surface area (Å²) in [5.41, 5.74) is 2.06. The lowest BCUT2D eigenvalue weighted by Crippen LogP contribution is -2.61. The molecule has 33 heavy (non-hydrogen) atoms. The molecule has 1 unspecified atom stereocenters. The summed E-state index contributed by atoms with van der Waals surface area (Å²) in [7, 11) is 3.22. The molecular weight excluding hydrogens is 452 g/mol. The van der Waals surface area contributed by atoms with Crippen LogP contribution in [0, 0.1) is 5.92 Å². The number of benzene rings is 1. The van der Waals surface area contributed by atoms with Crippen molar-refractivity contribution >= 4 is 23.3 Å². The lowest BCUT2D eigenvalue weighted by molar-refractivity contribution is -0.141. The number of phenols is 1. The molecule has 5 atom stereocenters. The molecule has 1 aromatic carbocycles. The number of aromatic hydroxyl groups is 1. The van der Waals surface area contributed by atoms with Gasteiger partial charge in [-0.1, -0.05) is 11.6 Å². The zero-order valence-corrected chi connectivity index (χ0v) is 18.8. The lowest BCUT2D eigenvalue weighted by atomic mass is 9.56. The number of aliphatic hydroxyl groups is 3. The summed E-state index contributed by atoms with van der Waals surface area (Å²) >= 11 is 6.44. The predicted molar refractivity (Wildman–Crippen MR) is 116 cm³/mol. The summed E-state index contributed by atoms with van der Waals surface area (Å²) in [6, 6.07) is 1.83. The largest absolute Gasteiger partial charge is 0.508 e. The predicted octanol–water partition coefficient (Wildman–Crippen LogP) is 0.758. The third-order valence-electron chi connectivity index (χ3n) is 7.41. The standard InChI is InChI=1S/C22H23ClN4O6/c1-21(32)7-6-8-16(27(2)3)17(29)13(20(24)31)19(30)22(8,33)18-11(7)15(25-26-18)12-10(28)5-4-9(23)14(12)21/h4-5,7-8,16,28,30,32-33H,6H2,1-3H3,(H2,24,31)(H,25,26)/t7-,8-,16-,21?,22-/m0/s1. The highest BCUT2D eigenvalue weighted by atomic mass is 35.5. The van der Waals surface area contributed by atoms with Gasteiger partial charge in [0.05, 0.1) is 22.9 Å². The van der Waals surface area contributed by atoms with E-state index in [1.807, 2.05) is 0 Å². The SMILES string of the molecule is CN(C)[C@@H]1C(=O)C(C(N)=O)=C(O)[C@@]2(O)c3[nH]nc4c3[C@H](C[C@@H]12)C(C)(O)c1c(Cl)ccc(O)c1-4. The number of rotatable bonds is 2. The second kappa shape index (κ2) is 6.57. The number of hydrogen-bond acceptors (Lipinski definition) is 8. The number of likely N-dealkylation sites (N-methyl/N-ethyl adjacent to an activating group) is 1. The zero-order valence-electron chi connectivity index (χ0n) is 18.0. The van der Waals surface area contributed by atoms with Crippen molar-refractivity contribution in [3.8, 4) is 17.0 Å². The van der Waals surface area contributed by atoms with Gasteiger partial charge in [0.25, 0.3) is 5.91 Å². The Morgan fingerprint density at radius 1 is 1.30 bits per heavy atom. The Hall–Kier alpha value is -2.92. The summed E-state index contributed by atoms with van der Waals surface area (Å²) < 4.78 is 0. The number of hydrogen-bond donors (Lipinski definition) is 6. The number of carbonyl (C=O) groups excluding carboxylic acids is 2. The number of aliphatic hydroxyl groups excluding tert-OH is 1. The van der Waals surface area contributed by atoms with Gasteiger partial charge in [-0.15, -0.1) is 0 Å². The number of halogens is 1. The molecule has 1 aromatic heterocycles. The summed E-state index contributed by atoms with van der Waals surface area (Å²) in [6.45, 7) is 1.55. The van der Waals surface area contributed by atoms with Crippen LogP contribution < -0.4 is 5.73 Å². The van der Waals surface area contributed by atoms with Crippen molar-refractivity contribution < 1.29 is 30.0 Å². The zero-order chi connectivity index (χ0) is 24.2. The molecule has 0 aliphatic heterocycles. The van der Waals surface area contributed by atoms with E-state index in [9.17, 15) is 30.0 Å². The van der Waals surface area contributed by atoms with Crippen LogP contribution in [0.25, 0.3) is 11.3 Å². The van der Waals surface area contributed by atoms with Crippen LogP contribution >= 0.6 is 11.6 Å². The summed E-state index contributed by atoms with van der Waals surface area (Å²) in [6.07, 6.45) is 0.0408. The number of aromatic nitrogens is 2. The van der Waals surface area contributed by atoms with E-state index in [0.29, 0.717) is 5.56 Å². The van der Waals surface area contributed by atoms with Crippen LogP contribution in [-0.2, 0) is 20.8 Å². The number of nitrogens with one attached hydrogen (secondary N) is 1. The number of carbonyl (C=O) groups is 2. The lowest BCUT2D eigenvalue weighted by Gasteiger charge is -2.52. The first-order valence-corrected chi connectivity index (χ1v) is 10.7. The normalized spacial score (nSPS) is 32.5. The Labute approximate surface area is 193 Å². The third kappa shape index (κ3) is 2.46. The van der Waals surface area contributed by atoms with Crippen molar-refractivity contribution in [2.75, 3.05) is 14.1 Å². The molecule has 1 amide bonds. The van der Waals surface area contributed by atoms with Gasteiger partial charge in [-0.25, -0.2) is 0 Å². The summed E-state index contributed by atoms with van der Waals surface area (Å²) in [5, 5.41) is 52.5. The van der Waals surface area contributed by atoms with E-state index in [1.165, 1.54) is 12.1 Å². The van der Waals surface area contributed by atoms with Crippen molar-refractivity contribution in [1.29, 1.82) is 0 Å². The number of amides is 1. The van der Waals surface area contributed by atoms with Gasteiger partial charge in [0.15, 0.2) is 11.4 Å². The Morgan fingerprint density at radius 3 is 2.58 bits per heavy atom. The van der Waals surface area contributed by atoms with Crippen LogP contribution in [0.4, 0.5) is 0 Å². The van der Waals surface area contributed by atoms with Gasteiger partial charge in [-0.2, -0.15) is 5.10 Å². The van der Waals surface area contributed by atoms with Gasteiger partial charge in [0.1, 0.15) is 22.8 Å². The number of phenolic OH excluding ortho intramolecular Hbond substituents is 1. The molecule has 174 valence electrons. The van der Waals surface area contributed by atoms with Crippen LogP contribution in [0.5, 0.6) is 5.75 Å². The molecule has 1 heterocycles. The van der Waals surface area contributed by atoms with E-state index in [1.54, 1.807) is 25.9 Å². The molecule has 11 heteroatoms. The fourth-order valence-corrected chi connectivity index (χ4v) is 6.35. The molecule has 2 aromatic rings. The highest BCUT2D eigenvalue weighted by molar-refractivity contribution is 6.32. The van der Waals surface area contributed by atoms with Crippen molar-refractivity contribution in [3.05, 3.63) is 45.3 Å². The van der Waals surface area contributed by atoms with Gasteiger partial charge >= 0.3 is 0 Å². The molecule has 0 saturated carbocycles. The second-order valence-electron chi connectivity index (χ2n) is 9.35. The minimum absolute atomic E-state index is 0.0275. The molecule has 5 rings (SSSR count). The van der Waals surface area contributed by atoms with Gasteiger partial charge in [0, 0.05) is 28.0 Å². The number of nitrogens with zero attached hydrogens (tertiary/aromatic N) is 2. The first kappa shape index (κ1) is 21.9. The van der Waals surface area contributed by atoms with E-state index in [0.717, 1.165) is 0 Å².